The molecular weight excluding hydrogens is 533 g/mol. The summed E-state index contributed by atoms with van der Waals surface area (Å²) in [5.74, 6) is 1.12. The molecule has 0 unspecified atom stereocenters. The second-order valence-electron chi connectivity index (χ2n) is 6.64. The van der Waals surface area contributed by atoms with Crippen molar-refractivity contribution in [1.29, 1.82) is 0 Å². The van der Waals surface area contributed by atoms with Gasteiger partial charge in [-0.05, 0) is 59.7 Å². The van der Waals surface area contributed by atoms with Gasteiger partial charge in [0.15, 0.2) is 5.75 Å². The predicted octanol–water partition coefficient (Wildman–Crippen LogP) is 5.61. The molecule has 0 aliphatic rings. The minimum Gasteiger partial charge on any atom is -0.508 e. The molecule has 0 spiro atoms. The Morgan fingerprint density at radius 2 is 1.39 bits per heavy atom. The second kappa shape index (κ2) is 14.2. The fourth-order valence-corrected chi connectivity index (χ4v) is 3.12. The molecule has 180 valence electrons. The van der Waals surface area contributed by atoms with E-state index in [-0.39, 0.29) is 22.9 Å². The first-order valence-corrected chi connectivity index (χ1v) is 12.7. The van der Waals surface area contributed by atoms with E-state index in [1.165, 1.54) is 13.2 Å². The van der Waals surface area contributed by atoms with Gasteiger partial charge < -0.3 is 36.9 Å². The molecule has 0 bridgehead atoms. The number of rotatable bonds is 7. The van der Waals surface area contributed by atoms with E-state index in [1.54, 1.807) is 30.3 Å². The summed E-state index contributed by atoms with van der Waals surface area (Å²) in [5, 5.41) is 19.0. The Labute approximate surface area is 209 Å². The lowest BCUT2D eigenvalue weighted by molar-refractivity contribution is 0.310. The second-order valence-corrected chi connectivity index (χ2v) is 6.64. The summed E-state index contributed by atoms with van der Waals surface area (Å²) in [5.41, 5.74) is 21.3. The molecule has 0 amide bonds. The van der Waals surface area contributed by atoms with Crippen molar-refractivity contribution >= 4 is 39.7 Å². The zero-order valence-corrected chi connectivity index (χ0v) is 21.7. The number of hydrogen-bond acceptors (Lipinski definition) is 7. The van der Waals surface area contributed by atoms with Crippen LogP contribution >= 0.6 is 22.6 Å². The van der Waals surface area contributed by atoms with E-state index < -0.39 is 0 Å². The summed E-state index contributed by atoms with van der Waals surface area (Å²) in [6, 6.07) is 13.8. The Morgan fingerprint density at radius 3 is 2.00 bits per heavy atom. The third kappa shape index (κ3) is 7.24. The summed E-state index contributed by atoms with van der Waals surface area (Å²) < 4.78 is 11.3. The number of nitrogen functional groups attached to an aromatic ring is 3. The van der Waals surface area contributed by atoms with Gasteiger partial charge in [-0.1, -0.05) is 48.6 Å². The molecule has 0 fully saturated rings. The van der Waals surface area contributed by atoms with Gasteiger partial charge in [0.05, 0.1) is 25.1 Å². The topological polar surface area (TPSA) is 137 Å². The van der Waals surface area contributed by atoms with Gasteiger partial charge in [-0.25, -0.2) is 0 Å². The van der Waals surface area contributed by atoms with E-state index in [2.05, 4.69) is 22.6 Å². The van der Waals surface area contributed by atoms with Crippen LogP contribution < -0.4 is 26.7 Å². The lowest BCUT2D eigenvalue weighted by atomic mass is 10.00. The van der Waals surface area contributed by atoms with Gasteiger partial charge in [-0.15, -0.1) is 0 Å². The van der Waals surface area contributed by atoms with E-state index in [0.29, 0.717) is 34.9 Å². The first-order chi connectivity index (χ1) is 15.9. The molecule has 7 nitrogen and oxygen atoms in total. The molecule has 8 heteroatoms. The van der Waals surface area contributed by atoms with Crippen molar-refractivity contribution in [3.63, 3.8) is 0 Å². The Morgan fingerprint density at radius 1 is 0.788 bits per heavy atom. The fraction of sp³-hybridized carbons (Fsp3) is 0.280. The van der Waals surface area contributed by atoms with Crippen LogP contribution in [-0.4, -0.2) is 28.9 Å². The SMILES string of the molecule is CC.CI.COc1c(-c2ccc(O)c(N)c2N)ccc(OCCCc2ccc(O)cc2)c1N. The number of methoxy groups -OCH3 is 1. The van der Waals surface area contributed by atoms with E-state index in [9.17, 15) is 10.2 Å². The highest BCUT2D eigenvalue weighted by Crippen LogP contribution is 2.44. The highest BCUT2D eigenvalue weighted by Gasteiger charge is 2.18. The van der Waals surface area contributed by atoms with Gasteiger partial charge in [0, 0.05) is 11.1 Å². The van der Waals surface area contributed by atoms with Crippen molar-refractivity contribution in [2.75, 3.05) is 35.8 Å². The van der Waals surface area contributed by atoms with Crippen LogP contribution in [0.5, 0.6) is 23.0 Å². The Kier molecular flexibility index (Phi) is 12.1. The number of nitrogens with two attached hydrogens (primary N) is 3. The number of hydrogen-bond donors (Lipinski definition) is 5. The molecule has 0 aromatic heterocycles. The number of phenols is 2. The molecule has 3 aromatic rings. The van der Waals surface area contributed by atoms with Crippen molar-refractivity contribution in [1.82, 2.24) is 0 Å². The quantitative estimate of drug-likeness (QED) is 0.0823. The fourth-order valence-electron chi connectivity index (χ4n) is 3.12. The molecule has 3 rings (SSSR count). The van der Waals surface area contributed by atoms with Crippen LogP contribution in [0.4, 0.5) is 17.1 Å². The maximum absolute atomic E-state index is 9.72. The van der Waals surface area contributed by atoms with Crippen LogP contribution in [0.25, 0.3) is 11.1 Å². The number of aromatic hydroxyl groups is 2. The normalized spacial score (nSPS) is 9.73. The average Bonchev–Trinajstić information content (AvgIpc) is 2.85. The van der Waals surface area contributed by atoms with Gasteiger partial charge in [0.1, 0.15) is 22.9 Å². The summed E-state index contributed by atoms with van der Waals surface area (Å²) in [4.78, 5) is 1.97. The smallest absolute Gasteiger partial charge is 0.153 e. The third-order valence-electron chi connectivity index (χ3n) is 4.72. The van der Waals surface area contributed by atoms with Gasteiger partial charge >= 0.3 is 0 Å². The van der Waals surface area contributed by atoms with Crippen LogP contribution in [0.15, 0.2) is 48.5 Å². The van der Waals surface area contributed by atoms with Gasteiger partial charge in [-0.2, -0.15) is 0 Å². The molecular formula is C25H34IN3O4. The number of phenolic OH excluding ortho intramolecular Hbond substituents is 2. The minimum absolute atomic E-state index is 0.0771. The van der Waals surface area contributed by atoms with Gasteiger partial charge in [0.2, 0.25) is 0 Å². The lowest BCUT2D eigenvalue weighted by Crippen LogP contribution is -2.05. The summed E-state index contributed by atoms with van der Waals surface area (Å²) in [7, 11) is 1.52. The monoisotopic (exact) mass is 567 g/mol. The minimum atomic E-state index is -0.0771. The van der Waals surface area contributed by atoms with Crippen molar-refractivity contribution in [2.45, 2.75) is 26.7 Å². The van der Waals surface area contributed by atoms with E-state index in [0.717, 1.165) is 18.4 Å². The number of benzene rings is 3. The summed E-state index contributed by atoms with van der Waals surface area (Å²) >= 11 is 2.15. The summed E-state index contributed by atoms with van der Waals surface area (Å²) in [6.07, 6.45) is 1.61. The molecule has 0 saturated heterocycles. The van der Waals surface area contributed by atoms with Crippen LogP contribution in [0.1, 0.15) is 25.8 Å². The molecule has 0 radical (unpaired) electrons. The Balaban J connectivity index is 0.00000129. The number of ether oxygens (including phenoxy) is 2. The first kappa shape index (κ1) is 28.0. The van der Waals surface area contributed by atoms with Crippen LogP contribution in [-0.2, 0) is 6.42 Å². The molecule has 0 aliphatic carbocycles. The van der Waals surface area contributed by atoms with Crippen molar-refractivity contribution in [3.8, 4) is 34.1 Å². The first-order valence-electron chi connectivity index (χ1n) is 10.5. The van der Waals surface area contributed by atoms with Crippen LogP contribution in [0.3, 0.4) is 0 Å². The summed E-state index contributed by atoms with van der Waals surface area (Å²) in [6.45, 7) is 4.47. The molecule has 0 saturated carbocycles. The lowest BCUT2D eigenvalue weighted by Gasteiger charge is -2.17. The number of alkyl halides is 1. The van der Waals surface area contributed by atoms with Crippen molar-refractivity contribution < 1.29 is 19.7 Å². The molecule has 0 atom stereocenters. The average molecular weight is 567 g/mol. The zero-order chi connectivity index (χ0) is 25.0. The van der Waals surface area contributed by atoms with E-state index >= 15 is 0 Å². The number of aryl methyl sites for hydroxylation is 1. The van der Waals surface area contributed by atoms with Gasteiger partial charge in [0.25, 0.3) is 0 Å². The van der Waals surface area contributed by atoms with E-state index in [1.807, 2.05) is 30.9 Å². The molecule has 0 aliphatic heterocycles. The van der Waals surface area contributed by atoms with Crippen molar-refractivity contribution in [2.24, 2.45) is 0 Å². The Hall–Kier alpha value is -3.01. The predicted molar refractivity (Wildman–Crippen MR) is 147 cm³/mol. The van der Waals surface area contributed by atoms with Gasteiger partial charge in [-0.3, -0.25) is 0 Å². The molecule has 33 heavy (non-hydrogen) atoms. The largest absolute Gasteiger partial charge is 0.508 e. The number of anilines is 3. The number of halogens is 1. The van der Waals surface area contributed by atoms with Crippen LogP contribution in [0.2, 0.25) is 0 Å². The zero-order valence-electron chi connectivity index (χ0n) is 19.6. The van der Waals surface area contributed by atoms with E-state index in [4.69, 9.17) is 26.7 Å². The maximum atomic E-state index is 9.72. The molecule has 8 N–H and O–H groups in total. The standard InChI is InChI=1S/C22H25N3O4.C2H6.CH3I/c1-28-22-16(15-8-10-17(27)20(24)19(15)23)9-11-18(21(22)25)29-12-2-3-13-4-6-14(26)7-5-13;2*1-2/h4-11,26-27H,2-3,12,23-25H2,1H3;1-2H3;1H3. The van der Waals surface area contributed by atoms with Crippen molar-refractivity contribution in [3.05, 3.63) is 54.1 Å². The molecule has 0 heterocycles. The third-order valence-corrected chi connectivity index (χ3v) is 4.72. The highest BCUT2D eigenvalue weighted by molar-refractivity contribution is 14.1. The highest BCUT2D eigenvalue weighted by atomic mass is 127. The Bertz CT molecular complexity index is 1010. The van der Waals surface area contributed by atoms with Crippen LogP contribution in [0, 0.1) is 0 Å². The maximum Gasteiger partial charge on any atom is 0.153 e. The molecule has 3 aromatic carbocycles.